The maximum absolute atomic E-state index is 11.6. The van der Waals surface area contributed by atoms with Crippen molar-refractivity contribution < 1.29 is 9.53 Å². The summed E-state index contributed by atoms with van der Waals surface area (Å²) in [7, 11) is 1.36. The van der Waals surface area contributed by atoms with Crippen molar-refractivity contribution in [1.82, 2.24) is 14.9 Å². The highest BCUT2D eigenvalue weighted by Crippen LogP contribution is 2.23. The molecule has 29 heavy (non-hydrogen) atoms. The zero-order valence-electron chi connectivity index (χ0n) is 16.2. The smallest absolute Gasteiger partial charge is 0.337 e. The van der Waals surface area contributed by atoms with Gasteiger partial charge in [0.15, 0.2) is 5.82 Å². The fourth-order valence-corrected chi connectivity index (χ4v) is 3.54. The average Bonchev–Trinajstić information content (AvgIpc) is 3.13. The SMILES string of the molecule is CCCc1nnc(SCc2ccc(Cl)cc2)n1/N=C/c1ccc(C(=O)OC)cc1. The van der Waals surface area contributed by atoms with Gasteiger partial charge >= 0.3 is 5.97 Å². The largest absolute Gasteiger partial charge is 0.465 e. The summed E-state index contributed by atoms with van der Waals surface area (Å²) in [5.41, 5.74) is 2.51. The van der Waals surface area contributed by atoms with Crippen LogP contribution in [-0.2, 0) is 16.9 Å². The molecule has 1 aromatic heterocycles. The maximum Gasteiger partial charge on any atom is 0.337 e. The first-order chi connectivity index (χ1) is 14.1. The van der Waals surface area contributed by atoms with Crippen molar-refractivity contribution >= 4 is 35.5 Å². The highest BCUT2D eigenvalue weighted by Gasteiger charge is 2.12. The van der Waals surface area contributed by atoms with Crippen LogP contribution in [0.5, 0.6) is 0 Å². The molecule has 0 saturated carbocycles. The van der Waals surface area contributed by atoms with Crippen LogP contribution in [0, 0.1) is 0 Å². The van der Waals surface area contributed by atoms with Crippen molar-refractivity contribution in [3.8, 4) is 0 Å². The third-order valence-corrected chi connectivity index (χ3v) is 5.33. The van der Waals surface area contributed by atoms with E-state index >= 15 is 0 Å². The number of methoxy groups -OCH3 is 1. The number of aryl methyl sites for hydroxylation is 1. The van der Waals surface area contributed by atoms with Gasteiger partial charge in [0.1, 0.15) is 0 Å². The minimum atomic E-state index is -0.363. The van der Waals surface area contributed by atoms with Crippen LogP contribution in [-0.4, -0.2) is 34.2 Å². The van der Waals surface area contributed by atoms with Crippen LogP contribution in [0.4, 0.5) is 0 Å². The number of hydrogen-bond acceptors (Lipinski definition) is 6. The van der Waals surface area contributed by atoms with E-state index < -0.39 is 0 Å². The number of benzene rings is 2. The number of thioether (sulfide) groups is 1. The predicted octanol–water partition coefficient (Wildman–Crippen LogP) is 4.85. The van der Waals surface area contributed by atoms with Gasteiger partial charge in [0.2, 0.25) is 5.16 Å². The summed E-state index contributed by atoms with van der Waals surface area (Å²) in [5, 5.41) is 14.6. The second-order valence-electron chi connectivity index (χ2n) is 6.23. The molecule has 0 spiro atoms. The van der Waals surface area contributed by atoms with Gasteiger partial charge < -0.3 is 4.74 Å². The monoisotopic (exact) mass is 428 g/mol. The molecule has 3 rings (SSSR count). The lowest BCUT2D eigenvalue weighted by Crippen LogP contribution is -2.02. The molecule has 0 aliphatic carbocycles. The first-order valence-electron chi connectivity index (χ1n) is 9.15. The summed E-state index contributed by atoms with van der Waals surface area (Å²) in [4.78, 5) is 11.6. The number of halogens is 1. The molecule has 0 N–H and O–H groups in total. The molecule has 8 heteroatoms. The topological polar surface area (TPSA) is 69.4 Å². The van der Waals surface area contributed by atoms with Gasteiger partial charge in [0.05, 0.1) is 18.9 Å². The third kappa shape index (κ3) is 5.68. The van der Waals surface area contributed by atoms with Crippen molar-refractivity contribution in [2.24, 2.45) is 5.10 Å². The Morgan fingerprint density at radius 3 is 2.55 bits per heavy atom. The van der Waals surface area contributed by atoms with Gasteiger partial charge in [-0.25, -0.2) is 4.79 Å². The van der Waals surface area contributed by atoms with Crippen LogP contribution in [0.3, 0.4) is 0 Å². The summed E-state index contributed by atoms with van der Waals surface area (Å²) >= 11 is 7.52. The number of hydrogen-bond donors (Lipinski definition) is 0. The zero-order valence-corrected chi connectivity index (χ0v) is 17.8. The second kappa shape index (κ2) is 10.2. The normalized spacial score (nSPS) is 11.1. The summed E-state index contributed by atoms with van der Waals surface area (Å²) in [5.74, 6) is 1.19. The molecule has 0 saturated heterocycles. The van der Waals surface area contributed by atoms with E-state index in [1.165, 1.54) is 7.11 Å². The number of rotatable bonds is 8. The number of carbonyl (C=O) groups is 1. The van der Waals surface area contributed by atoms with E-state index in [4.69, 9.17) is 16.3 Å². The van der Waals surface area contributed by atoms with Gasteiger partial charge in [-0.2, -0.15) is 9.78 Å². The van der Waals surface area contributed by atoms with Crippen LogP contribution in [0.25, 0.3) is 0 Å². The van der Waals surface area contributed by atoms with Crippen molar-refractivity contribution in [2.45, 2.75) is 30.7 Å². The fourth-order valence-electron chi connectivity index (χ4n) is 2.56. The van der Waals surface area contributed by atoms with Crippen LogP contribution < -0.4 is 0 Å². The Balaban J connectivity index is 1.77. The van der Waals surface area contributed by atoms with Gasteiger partial charge in [-0.05, 0) is 41.8 Å². The molecule has 6 nitrogen and oxygen atoms in total. The fraction of sp³-hybridized carbons (Fsp3) is 0.238. The molecule has 0 fully saturated rings. The van der Waals surface area contributed by atoms with Gasteiger partial charge in [0, 0.05) is 17.2 Å². The standard InChI is InChI=1S/C21H21ClN4O2S/c1-3-4-19-24-25-21(29-14-16-7-11-18(22)12-8-16)26(19)23-13-15-5-9-17(10-6-15)20(27)28-2/h5-13H,3-4,14H2,1-2H3/b23-13+. The Hall–Kier alpha value is -2.64. The summed E-state index contributed by atoms with van der Waals surface area (Å²) < 4.78 is 6.50. The average molecular weight is 429 g/mol. The van der Waals surface area contributed by atoms with E-state index in [0.29, 0.717) is 5.56 Å². The molecule has 0 amide bonds. The lowest BCUT2D eigenvalue weighted by atomic mass is 10.1. The van der Waals surface area contributed by atoms with E-state index in [9.17, 15) is 4.79 Å². The van der Waals surface area contributed by atoms with Gasteiger partial charge in [-0.15, -0.1) is 10.2 Å². The minimum Gasteiger partial charge on any atom is -0.465 e. The van der Waals surface area contributed by atoms with E-state index in [0.717, 1.165) is 45.7 Å². The number of nitrogens with zero attached hydrogens (tertiary/aromatic N) is 4. The first-order valence-corrected chi connectivity index (χ1v) is 10.5. The lowest BCUT2D eigenvalue weighted by molar-refractivity contribution is 0.0600. The number of ether oxygens (including phenoxy) is 1. The molecule has 150 valence electrons. The summed E-state index contributed by atoms with van der Waals surface area (Å²) in [6.45, 7) is 2.09. The molecule has 0 aliphatic rings. The molecule has 2 aromatic carbocycles. The van der Waals surface area contributed by atoms with E-state index in [1.807, 2.05) is 36.4 Å². The van der Waals surface area contributed by atoms with Crippen LogP contribution in [0.15, 0.2) is 58.8 Å². The number of aromatic nitrogens is 3. The number of esters is 1. The highest BCUT2D eigenvalue weighted by atomic mass is 35.5. The zero-order chi connectivity index (χ0) is 20.6. The highest BCUT2D eigenvalue weighted by molar-refractivity contribution is 7.98. The molecule has 0 aliphatic heterocycles. The van der Waals surface area contributed by atoms with Crippen molar-refractivity contribution in [1.29, 1.82) is 0 Å². The van der Waals surface area contributed by atoms with Crippen LogP contribution in [0.1, 0.15) is 40.7 Å². The molecule has 0 radical (unpaired) electrons. The van der Waals surface area contributed by atoms with Gasteiger partial charge in [-0.1, -0.05) is 54.6 Å². The van der Waals surface area contributed by atoms with Gasteiger partial charge in [0.25, 0.3) is 0 Å². The van der Waals surface area contributed by atoms with Crippen LogP contribution >= 0.6 is 23.4 Å². The molecular weight excluding hydrogens is 408 g/mol. The quantitative estimate of drug-likeness (QED) is 0.291. The Bertz CT molecular complexity index is 985. The maximum atomic E-state index is 11.6. The summed E-state index contributed by atoms with van der Waals surface area (Å²) in [6.07, 6.45) is 3.46. The molecule has 3 aromatic rings. The Morgan fingerprint density at radius 2 is 1.90 bits per heavy atom. The number of carbonyl (C=O) groups excluding carboxylic acids is 1. The van der Waals surface area contributed by atoms with E-state index in [1.54, 1.807) is 34.8 Å². The molecule has 0 bridgehead atoms. The van der Waals surface area contributed by atoms with E-state index in [-0.39, 0.29) is 5.97 Å². The molecule has 0 unspecified atom stereocenters. The van der Waals surface area contributed by atoms with Crippen molar-refractivity contribution in [2.75, 3.05) is 7.11 Å². The van der Waals surface area contributed by atoms with Crippen molar-refractivity contribution in [3.63, 3.8) is 0 Å². The predicted molar refractivity (Wildman–Crippen MR) is 116 cm³/mol. The molecular formula is C21H21ClN4O2S. The Morgan fingerprint density at radius 1 is 1.17 bits per heavy atom. The lowest BCUT2D eigenvalue weighted by Gasteiger charge is -2.04. The van der Waals surface area contributed by atoms with E-state index in [2.05, 4.69) is 22.2 Å². The minimum absolute atomic E-state index is 0.363. The Labute approximate surface area is 178 Å². The second-order valence-corrected chi connectivity index (χ2v) is 7.61. The molecule has 1 heterocycles. The van der Waals surface area contributed by atoms with Crippen molar-refractivity contribution in [3.05, 3.63) is 76.1 Å². The summed E-state index contributed by atoms with van der Waals surface area (Å²) in [6, 6.07) is 14.8. The van der Waals surface area contributed by atoms with Gasteiger partial charge in [-0.3, -0.25) is 0 Å². The third-order valence-electron chi connectivity index (χ3n) is 4.09. The van der Waals surface area contributed by atoms with Crippen LogP contribution in [0.2, 0.25) is 5.02 Å². The molecule has 0 atom stereocenters. The Kier molecular flexibility index (Phi) is 7.43. The first kappa shape index (κ1) is 21.1.